The van der Waals surface area contributed by atoms with E-state index in [9.17, 15) is 13.2 Å². The summed E-state index contributed by atoms with van der Waals surface area (Å²) in [6.07, 6.45) is 1.07. The van der Waals surface area contributed by atoms with Crippen LogP contribution in [0.1, 0.15) is 5.56 Å². The molecule has 1 N–H and O–H groups in total. The van der Waals surface area contributed by atoms with E-state index >= 15 is 0 Å². The predicted molar refractivity (Wildman–Crippen MR) is 115 cm³/mol. The van der Waals surface area contributed by atoms with Gasteiger partial charge in [-0.2, -0.15) is 0 Å². The van der Waals surface area contributed by atoms with Crippen molar-refractivity contribution in [1.29, 1.82) is 0 Å². The Morgan fingerprint density at radius 1 is 0.897 bits per heavy atom. The SMILES string of the molecule is Cc1ccccc1NC(=O)CN(c1ccc(Oc2ccccc2)cc1)S(C)(=O)=O. The molecule has 7 heteroatoms. The van der Waals surface area contributed by atoms with E-state index in [1.54, 1.807) is 30.3 Å². The van der Waals surface area contributed by atoms with Gasteiger partial charge in [0.25, 0.3) is 0 Å². The average molecular weight is 410 g/mol. The molecule has 3 aromatic carbocycles. The lowest BCUT2D eigenvalue weighted by atomic mass is 10.2. The number of carbonyl (C=O) groups is 1. The average Bonchev–Trinajstić information content (AvgIpc) is 2.69. The van der Waals surface area contributed by atoms with Gasteiger partial charge in [-0.25, -0.2) is 8.42 Å². The predicted octanol–water partition coefficient (Wildman–Crippen LogP) is 4.19. The molecule has 0 saturated heterocycles. The number of hydrogen-bond donors (Lipinski definition) is 1. The number of benzene rings is 3. The largest absolute Gasteiger partial charge is 0.457 e. The van der Waals surface area contributed by atoms with Crippen LogP contribution in [0.4, 0.5) is 11.4 Å². The molecule has 150 valence electrons. The molecule has 0 aliphatic heterocycles. The smallest absolute Gasteiger partial charge is 0.245 e. The topological polar surface area (TPSA) is 75.7 Å². The van der Waals surface area contributed by atoms with Crippen LogP contribution >= 0.6 is 0 Å². The second-order valence-electron chi connectivity index (χ2n) is 6.54. The molecule has 0 saturated carbocycles. The first-order valence-electron chi connectivity index (χ1n) is 8.99. The van der Waals surface area contributed by atoms with Crippen molar-refractivity contribution < 1.29 is 17.9 Å². The number of hydrogen-bond acceptors (Lipinski definition) is 4. The third-order valence-corrected chi connectivity index (χ3v) is 5.35. The Morgan fingerprint density at radius 3 is 2.10 bits per heavy atom. The molecule has 3 aromatic rings. The second kappa shape index (κ2) is 8.79. The van der Waals surface area contributed by atoms with Gasteiger partial charge in [0.05, 0.1) is 11.9 Å². The van der Waals surface area contributed by atoms with Crippen LogP contribution in [0.25, 0.3) is 0 Å². The quantitative estimate of drug-likeness (QED) is 0.634. The molecule has 0 aliphatic carbocycles. The summed E-state index contributed by atoms with van der Waals surface area (Å²) in [4.78, 5) is 12.5. The zero-order valence-corrected chi connectivity index (χ0v) is 17.0. The summed E-state index contributed by atoms with van der Waals surface area (Å²) in [5, 5.41) is 2.76. The lowest BCUT2D eigenvalue weighted by Crippen LogP contribution is -2.37. The first-order chi connectivity index (χ1) is 13.8. The van der Waals surface area contributed by atoms with Crippen LogP contribution in [0.2, 0.25) is 0 Å². The minimum atomic E-state index is -3.66. The molecular weight excluding hydrogens is 388 g/mol. The molecular formula is C22H22N2O4S. The van der Waals surface area contributed by atoms with Crippen molar-refractivity contribution >= 4 is 27.3 Å². The van der Waals surface area contributed by atoms with Crippen molar-refractivity contribution in [3.8, 4) is 11.5 Å². The summed E-state index contributed by atoms with van der Waals surface area (Å²) in [6, 6.07) is 23.1. The summed E-state index contributed by atoms with van der Waals surface area (Å²) in [6.45, 7) is 1.54. The second-order valence-corrected chi connectivity index (χ2v) is 8.45. The Morgan fingerprint density at radius 2 is 1.48 bits per heavy atom. The Labute approximate surface area is 170 Å². The molecule has 0 spiro atoms. The van der Waals surface area contributed by atoms with Gasteiger partial charge in [0.1, 0.15) is 18.0 Å². The maximum absolute atomic E-state index is 12.5. The lowest BCUT2D eigenvalue weighted by molar-refractivity contribution is -0.114. The van der Waals surface area contributed by atoms with Crippen LogP contribution in [0.3, 0.4) is 0 Å². The third-order valence-electron chi connectivity index (χ3n) is 4.21. The number of amides is 1. The molecule has 0 aliphatic rings. The molecule has 0 aromatic heterocycles. The molecule has 0 fully saturated rings. The third kappa shape index (κ3) is 5.58. The van der Waals surface area contributed by atoms with Crippen LogP contribution in [0.15, 0.2) is 78.9 Å². The van der Waals surface area contributed by atoms with Gasteiger partial charge < -0.3 is 10.1 Å². The summed E-state index contributed by atoms with van der Waals surface area (Å²) >= 11 is 0. The Kier molecular flexibility index (Phi) is 6.19. The molecule has 1 amide bonds. The monoisotopic (exact) mass is 410 g/mol. The van der Waals surface area contributed by atoms with Gasteiger partial charge in [-0.1, -0.05) is 36.4 Å². The van der Waals surface area contributed by atoms with Crippen molar-refractivity contribution in [3.05, 3.63) is 84.4 Å². The van der Waals surface area contributed by atoms with Crippen LogP contribution in [-0.4, -0.2) is 27.1 Å². The normalized spacial score (nSPS) is 11.0. The fraction of sp³-hybridized carbons (Fsp3) is 0.136. The molecule has 0 bridgehead atoms. The number of carbonyl (C=O) groups excluding carboxylic acids is 1. The number of ether oxygens (including phenoxy) is 1. The molecule has 0 radical (unpaired) electrons. The Hall–Kier alpha value is -3.32. The summed E-state index contributed by atoms with van der Waals surface area (Å²) in [5.74, 6) is 0.824. The van der Waals surface area contributed by atoms with Gasteiger partial charge in [0, 0.05) is 5.69 Å². The molecule has 3 rings (SSSR count). The van der Waals surface area contributed by atoms with Crippen molar-refractivity contribution in [2.24, 2.45) is 0 Å². The van der Waals surface area contributed by atoms with E-state index in [4.69, 9.17) is 4.74 Å². The van der Waals surface area contributed by atoms with Gasteiger partial charge in [-0.3, -0.25) is 9.10 Å². The van der Waals surface area contributed by atoms with Crippen molar-refractivity contribution in [2.45, 2.75) is 6.92 Å². The minimum absolute atomic E-state index is 0.327. The zero-order chi connectivity index (χ0) is 20.9. The van der Waals surface area contributed by atoms with Crippen LogP contribution in [-0.2, 0) is 14.8 Å². The van der Waals surface area contributed by atoms with Crippen molar-refractivity contribution in [2.75, 3.05) is 22.4 Å². The Balaban J connectivity index is 1.75. The van der Waals surface area contributed by atoms with Crippen molar-refractivity contribution in [3.63, 3.8) is 0 Å². The standard InChI is InChI=1S/C22H22N2O4S/c1-17-8-6-7-11-21(17)23-22(25)16-24(29(2,26)27)18-12-14-20(15-13-18)28-19-9-4-3-5-10-19/h3-15H,16H2,1-2H3,(H,23,25). The number of anilines is 2. The van der Waals surface area contributed by atoms with Gasteiger partial charge in [0.15, 0.2) is 0 Å². The van der Waals surface area contributed by atoms with E-state index < -0.39 is 15.9 Å². The van der Waals surface area contributed by atoms with Gasteiger partial charge in [-0.15, -0.1) is 0 Å². The highest BCUT2D eigenvalue weighted by atomic mass is 32.2. The minimum Gasteiger partial charge on any atom is -0.457 e. The number of rotatable bonds is 7. The van der Waals surface area contributed by atoms with E-state index in [0.717, 1.165) is 16.1 Å². The van der Waals surface area contributed by atoms with E-state index in [0.29, 0.717) is 22.9 Å². The summed E-state index contributed by atoms with van der Waals surface area (Å²) in [5.41, 5.74) is 1.93. The van der Waals surface area contributed by atoms with Gasteiger partial charge in [0.2, 0.25) is 15.9 Å². The summed E-state index contributed by atoms with van der Waals surface area (Å²) < 4.78 is 31.3. The molecule has 0 heterocycles. The summed E-state index contributed by atoms with van der Waals surface area (Å²) in [7, 11) is -3.66. The highest BCUT2D eigenvalue weighted by Gasteiger charge is 2.21. The van der Waals surface area contributed by atoms with Crippen LogP contribution < -0.4 is 14.4 Å². The van der Waals surface area contributed by atoms with E-state index in [2.05, 4.69) is 5.32 Å². The molecule has 6 nitrogen and oxygen atoms in total. The van der Waals surface area contributed by atoms with Crippen LogP contribution in [0.5, 0.6) is 11.5 Å². The maximum Gasteiger partial charge on any atom is 0.245 e. The van der Waals surface area contributed by atoms with Crippen molar-refractivity contribution in [1.82, 2.24) is 0 Å². The molecule has 0 unspecified atom stereocenters. The lowest BCUT2D eigenvalue weighted by Gasteiger charge is -2.22. The first kappa shape index (κ1) is 20.4. The number of para-hydroxylation sites is 2. The number of aryl methyl sites for hydroxylation is 1. The number of nitrogens with zero attached hydrogens (tertiary/aromatic N) is 1. The molecule has 0 atom stereocenters. The zero-order valence-electron chi connectivity index (χ0n) is 16.2. The van der Waals surface area contributed by atoms with Gasteiger partial charge in [-0.05, 0) is 55.0 Å². The number of nitrogens with one attached hydrogen (secondary N) is 1. The molecule has 29 heavy (non-hydrogen) atoms. The van der Waals surface area contributed by atoms with E-state index in [1.807, 2.05) is 55.5 Å². The fourth-order valence-electron chi connectivity index (χ4n) is 2.74. The Bertz CT molecular complexity index is 1080. The van der Waals surface area contributed by atoms with E-state index in [1.165, 1.54) is 0 Å². The van der Waals surface area contributed by atoms with Gasteiger partial charge >= 0.3 is 0 Å². The van der Waals surface area contributed by atoms with Crippen LogP contribution in [0, 0.1) is 6.92 Å². The highest BCUT2D eigenvalue weighted by Crippen LogP contribution is 2.25. The fourth-order valence-corrected chi connectivity index (χ4v) is 3.59. The number of sulfonamides is 1. The van der Waals surface area contributed by atoms with E-state index in [-0.39, 0.29) is 6.54 Å². The maximum atomic E-state index is 12.5. The highest BCUT2D eigenvalue weighted by molar-refractivity contribution is 7.92. The first-order valence-corrected chi connectivity index (χ1v) is 10.8.